The van der Waals surface area contributed by atoms with Gasteiger partial charge in [-0.25, -0.2) is 0 Å². The first-order valence-electron chi connectivity index (χ1n) is 5.32. The van der Waals surface area contributed by atoms with Gasteiger partial charge in [-0.2, -0.15) is 0 Å². The SMILES string of the molecule is CCOC(CCN(C)C)CNC(N)=NC. The van der Waals surface area contributed by atoms with E-state index in [2.05, 4.69) is 29.3 Å². The predicted molar refractivity (Wildman–Crippen MR) is 64.1 cm³/mol. The number of hydrogen-bond donors (Lipinski definition) is 2. The number of nitrogens with zero attached hydrogens (tertiary/aromatic N) is 2. The highest BCUT2D eigenvalue weighted by atomic mass is 16.5. The van der Waals surface area contributed by atoms with Crippen molar-refractivity contribution in [1.29, 1.82) is 0 Å². The maximum atomic E-state index is 5.59. The summed E-state index contributed by atoms with van der Waals surface area (Å²) in [7, 11) is 5.77. The Balaban J connectivity index is 3.82. The summed E-state index contributed by atoms with van der Waals surface area (Å²) in [5.41, 5.74) is 5.55. The zero-order chi connectivity index (χ0) is 11.7. The van der Waals surface area contributed by atoms with Crippen LogP contribution in [0.15, 0.2) is 4.99 Å². The van der Waals surface area contributed by atoms with Crippen LogP contribution in [0.3, 0.4) is 0 Å². The van der Waals surface area contributed by atoms with Gasteiger partial charge in [0.1, 0.15) is 0 Å². The highest BCUT2D eigenvalue weighted by Gasteiger charge is 2.08. The van der Waals surface area contributed by atoms with Crippen molar-refractivity contribution in [3.05, 3.63) is 0 Å². The standard InChI is InChI=1S/C10H24N4O/c1-5-15-9(6-7-14(3)4)8-13-10(11)12-2/h9H,5-8H2,1-4H3,(H3,11,12,13). The first-order chi connectivity index (χ1) is 7.10. The Morgan fingerprint density at radius 1 is 1.53 bits per heavy atom. The number of hydrogen-bond acceptors (Lipinski definition) is 3. The molecule has 0 spiro atoms. The van der Waals surface area contributed by atoms with Gasteiger partial charge in [-0.15, -0.1) is 0 Å². The molecule has 1 atom stereocenters. The van der Waals surface area contributed by atoms with Crippen LogP contribution in [0.1, 0.15) is 13.3 Å². The van der Waals surface area contributed by atoms with Crippen LogP contribution in [0.5, 0.6) is 0 Å². The summed E-state index contributed by atoms with van der Waals surface area (Å²) in [6, 6.07) is 0. The molecule has 0 aromatic heterocycles. The number of aliphatic imine (C=N–C) groups is 1. The fourth-order valence-corrected chi connectivity index (χ4v) is 1.18. The Morgan fingerprint density at radius 2 is 2.20 bits per heavy atom. The Labute approximate surface area is 92.7 Å². The van der Waals surface area contributed by atoms with Gasteiger partial charge in [-0.1, -0.05) is 0 Å². The van der Waals surface area contributed by atoms with E-state index in [9.17, 15) is 0 Å². The molecule has 0 saturated carbocycles. The zero-order valence-electron chi connectivity index (χ0n) is 10.3. The Kier molecular flexibility index (Phi) is 8.04. The van der Waals surface area contributed by atoms with Gasteiger partial charge in [0.2, 0.25) is 0 Å². The van der Waals surface area contributed by atoms with Gasteiger partial charge >= 0.3 is 0 Å². The molecule has 0 radical (unpaired) electrons. The van der Waals surface area contributed by atoms with Crippen molar-refractivity contribution in [2.75, 3.05) is 40.8 Å². The van der Waals surface area contributed by atoms with Gasteiger partial charge in [-0.05, 0) is 27.4 Å². The van der Waals surface area contributed by atoms with Gasteiger partial charge < -0.3 is 20.7 Å². The molecule has 0 heterocycles. The third-order valence-corrected chi connectivity index (χ3v) is 2.05. The van der Waals surface area contributed by atoms with Crippen LogP contribution in [0.25, 0.3) is 0 Å². The van der Waals surface area contributed by atoms with Gasteiger partial charge in [0.25, 0.3) is 0 Å². The topological polar surface area (TPSA) is 62.9 Å². The van der Waals surface area contributed by atoms with E-state index in [0.717, 1.165) is 19.6 Å². The average Bonchev–Trinajstić information content (AvgIpc) is 2.21. The average molecular weight is 216 g/mol. The van der Waals surface area contributed by atoms with Crippen LogP contribution < -0.4 is 11.1 Å². The summed E-state index contributed by atoms with van der Waals surface area (Å²) < 4.78 is 5.59. The van der Waals surface area contributed by atoms with E-state index in [1.165, 1.54) is 0 Å². The first kappa shape index (κ1) is 14.2. The molecule has 0 saturated heterocycles. The molecule has 90 valence electrons. The van der Waals surface area contributed by atoms with Gasteiger partial charge in [0, 0.05) is 26.7 Å². The third-order valence-electron chi connectivity index (χ3n) is 2.05. The first-order valence-corrected chi connectivity index (χ1v) is 5.32. The molecule has 3 N–H and O–H groups in total. The van der Waals surface area contributed by atoms with E-state index in [1.54, 1.807) is 7.05 Å². The largest absolute Gasteiger partial charge is 0.377 e. The second kappa shape index (κ2) is 8.49. The number of nitrogens with two attached hydrogens (primary N) is 1. The van der Waals surface area contributed by atoms with Crippen molar-refractivity contribution in [2.45, 2.75) is 19.4 Å². The summed E-state index contributed by atoms with van der Waals surface area (Å²) in [6.45, 7) is 4.45. The lowest BCUT2D eigenvalue weighted by Gasteiger charge is -2.19. The molecule has 5 nitrogen and oxygen atoms in total. The molecule has 0 fully saturated rings. The lowest BCUT2D eigenvalue weighted by Crippen LogP contribution is -2.39. The minimum absolute atomic E-state index is 0.192. The second-order valence-corrected chi connectivity index (χ2v) is 3.66. The highest BCUT2D eigenvalue weighted by molar-refractivity contribution is 5.77. The van der Waals surface area contributed by atoms with Crippen LogP contribution in [0.2, 0.25) is 0 Å². The summed E-state index contributed by atoms with van der Waals surface area (Å²) in [4.78, 5) is 5.98. The summed E-state index contributed by atoms with van der Waals surface area (Å²) >= 11 is 0. The minimum atomic E-state index is 0.192. The van der Waals surface area contributed by atoms with Gasteiger partial charge in [0.15, 0.2) is 5.96 Å². The minimum Gasteiger partial charge on any atom is -0.377 e. The molecule has 0 aliphatic carbocycles. The van der Waals surface area contributed by atoms with E-state index in [4.69, 9.17) is 10.5 Å². The molecule has 0 aliphatic heterocycles. The van der Waals surface area contributed by atoms with Gasteiger partial charge in [0.05, 0.1) is 6.10 Å². The number of ether oxygens (including phenoxy) is 1. The molecule has 5 heteroatoms. The molecule has 1 unspecified atom stereocenters. The Morgan fingerprint density at radius 3 is 2.67 bits per heavy atom. The number of rotatable bonds is 7. The lowest BCUT2D eigenvalue weighted by molar-refractivity contribution is 0.0549. The third kappa shape index (κ3) is 8.20. The monoisotopic (exact) mass is 216 g/mol. The summed E-state index contributed by atoms with van der Waals surface area (Å²) in [6.07, 6.45) is 1.18. The molecule has 0 rings (SSSR count). The lowest BCUT2D eigenvalue weighted by atomic mass is 10.2. The molecular weight excluding hydrogens is 192 g/mol. The molecule has 0 aromatic carbocycles. The number of nitrogens with one attached hydrogen (secondary N) is 1. The molecule has 15 heavy (non-hydrogen) atoms. The van der Waals surface area contributed by atoms with Crippen molar-refractivity contribution >= 4 is 5.96 Å². The van der Waals surface area contributed by atoms with Crippen LogP contribution in [-0.4, -0.2) is 57.8 Å². The van der Waals surface area contributed by atoms with Crippen LogP contribution in [0.4, 0.5) is 0 Å². The number of guanidine groups is 1. The maximum Gasteiger partial charge on any atom is 0.188 e. The van der Waals surface area contributed by atoms with Crippen molar-refractivity contribution in [3.8, 4) is 0 Å². The van der Waals surface area contributed by atoms with Gasteiger partial charge in [-0.3, -0.25) is 4.99 Å². The van der Waals surface area contributed by atoms with E-state index < -0.39 is 0 Å². The fourth-order valence-electron chi connectivity index (χ4n) is 1.18. The zero-order valence-corrected chi connectivity index (χ0v) is 10.3. The van der Waals surface area contributed by atoms with E-state index in [0.29, 0.717) is 12.5 Å². The van der Waals surface area contributed by atoms with Crippen LogP contribution >= 0.6 is 0 Å². The summed E-state index contributed by atoms with van der Waals surface area (Å²) in [5, 5.41) is 3.03. The quantitative estimate of drug-likeness (QED) is 0.460. The van der Waals surface area contributed by atoms with Crippen molar-refractivity contribution < 1.29 is 4.74 Å². The van der Waals surface area contributed by atoms with E-state index in [1.807, 2.05) is 6.92 Å². The van der Waals surface area contributed by atoms with E-state index >= 15 is 0 Å². The van der Waals surface area contributed by atoms with Crippen molar-refractivity contribution in [3.63, 3.8) is 0 Å². The fraction of sp³-hybridized carbons (Fsp3) is 0.900. The molecule has 0 aliphatic rings. The Hall–Kier alpha value is -0.810. The van der Waals surface area contributed by atoms with Crippen LogP contribution in [-0.2, 0) is 4.74 Å². The Bertz CT molecular complexity index is 182. The predicted octanol–water partition coefficient (Wildman–Crippen LogP) is -0.123. The molecule has 0 bridgehead atoms. The summed E-state index contributed by atoms with van der Waals surface area (Å²) in [5.74, 6) is 0.463. The van der Waals surface area contributed by atoms with Crippen LogP contribution in [0, 0.1) is 0 Å². The van der Waals surface area contributed by atoms with E-state index in [-0.39, 0.29) is 6.10 Å². The van der Waals surface area contributed by atoms with Crippen molar-refractivity contribution in [1.82, 2.24) is 10.2 Å². The normalized spacial score (nSPS) is 14.3. The van der Waals surface area contributed by atoms with Crippen molar-refractivity contribution in [2.24, 2.45) is 10.7 Å². The highest BCUT2D eigenvalue weighted by Crippen LogP contribution is 1.98. The smallest absolute Gasteiger partial charge is 0.188 e. The molecule has 0 amide bonds. The molecule has 0 aromatic rings. The maximum absolute atomic E-state index is 5.59. The second-order valence-electron chi connectivity index (χ2n) is 3.66. The molecular formula is C10H24N4O.